The fourth-order valence-electron chi connectivity index (χ4n) is 8.94. The molecule has 0 radical (unpaired) electrons. The minimum atomic E-state index is 1.23. The molecule has 0 fully saturated rings. The van der Waals surface area contributed by atoms with Crippen molar-refractivity contribution in [1.29, 1.82) is 0 Å². The number of fused-ring (bicyclic) bond motifs is 7. The van der Waals surface area contributed by atoms with E-state index in [1.165, 1.54) is 109 Å². The summed E-state index contributed by atoms with van der Waals surface area (Å²) in [5.74, 6) is 0. The van der Waals surface area contributed by atoms with Gasteiger partial charge in [0.15, 0.2) is 0 Å². The van der Waals surface area contributed by atoms with E-state index in [1.54, 1.807) is 0 Å². The lowest BCUT2D eigenvalue weighted by molar-refractivity contribution is 1.64. The molecule has 0 saturated heterocycles. The van der Waals surface area contributed by atoms with Gasteiger partial charge in [-0.05, 0) is 115 Å². The van der Waals surface area contributed by atoms with Crippen LogP contribution in [0.15, 0.2) is 182 Å². The third-order valence-electron chi connectivity index (χ3n) is 11.0. The average molecular weight is 631 g/mol. The number of hydrogen-bond donors (Lipinski definition) is 0. The van der Waals surface area contributed by atoms with Crippen LogP contribution in [0.5, 0.6) is 0 Å². The lowest BCUT2D eigenvalue weighted by Crippen LogP contribution is -1.95. The molecular weight excluding hydrogens is 601 g/mol. The quantitative estimate of drug-likeness (QED) is 0.135. The molecule has 0 aliphatic heterocycles. The molecule has 0 bridgehead atoms. The molecule has 11 rings (SSSR count). The molecule has 11 aromatic rings. The van der Waals surface area contributed by atoms with Gasteiger partial charge >= 0.3 is 0 Å². The van der Waals surface area contributed by atoms with Crippen molar-refractivity contribution in [3.8, 4) is 33.4 Å². The first kappa shape index (κ1) is 27.5. The SMILES string of the molecule is c1ccc(-c2c(-c3c4ccccc4c4c5ccc(-c6ccccc6)c6cc7ccccc7c(c7cccc3c74)c65)ccc3ccccc23)cc1. The van der Waals surface area contributed by atoms with Crippen LogP contribution in [0.25, 0.3) is 109 Å². The summed E-state index contributed by atoms with van der Waals surface area (Å²) < 4.78 is 0. The lowest BCUT2D eigenvalue weighted by atomic mass is 9.79. The Labute approximate surface area is 289 Å². The van der Waals surface area contributed by atoms with Crippen LogP contribution in [0.4, 0.5) is 0 Å². The zero-order chi connectivity index (χ0) is 32.8. The average Bonchev–Trinajstić information content (AvgIpc) is 3.19. The molecule has 0 aliphatic rings. The second-order valence-corrected chi connectivity index (χ2v) is 13.5. The molecule has 0 atom stereocenters. The van der Waals surface area contributed by atoms with Crippen molar-refractivity contribution in [1.82, 2.24) is 0 Å². The molecule has 0 aliphatic carbocycles. The van der Waals surface area contributed by atoms with E-state index in [-0.39, 0.29) is 0 Å². The lowest BCUT2D eigenvalue weighted by Gasteiger charge is -2.23. The highest BCUT2D eigenvalue weighted by atomic mass is 14.3. The molecule has 0 spiro atoms. The molecule has 230 valence electrons. The van der Waals surface area contributed by atoms with Crippen LogP contribution in [0, 0.1) is 0 Å². The van der Waals surface area contributed by atoms with Crippen LogP contribution >= 0.6 is 0 Å². The Balaban J connectivity index is 1.40. The predicted molar refractivity (Wildman–Crippen MR) is 216 cm³/mol. The fourth-order valence-corrected chi connectivity index (χ4v) is 8.94. The first-order chi connectivity index (χ1) is 24.8. The Morgan fingerprint density at radius 2 is 0.740 bits per heavy atom. The molecule has 0 nitrogen and oxygen atoms in total. The first-order valence-corrected chi connectivity index (χ1v) is 17.4. The summed E-state index contributed by atoms with van der Waals surface area (Å²) in [5.41, 5.74) is 7.60. The highest BCUT2D eigenvalue weighted by Crippen LogP contribution is 2.52. The maximum absolute atomic E-state index is 2.42. The van der Waals surface area contributed by atoms with E-state index in [1.807, 2.05) is 0 Å². The molecule has 50 heavy (non-hydrogen) atoms. The summed E-state index contributed by atoms with van der Waals surface area (Å²) in [4.78, 5) is 0. The second-order valence-electron chi connectivity index (χ2n) is 13.5. The highest BCUT2D eigenvalue weighted by molar-refractivity contribution is 6.44. The van der Waals surface area contributed by atoms with Crippen molar-refractivity contribution >= 4 is 75.4 Å². The van der Waals surface area contributed by atoms with Crippen molar-refractivity contribution < 1.29 is 0 Å². The zero-order valence-corrected chi connectivity index (χ0v) is 27.3. The minimum absolute atomic E-state index is 1.23. The summed E-state index contributed by atoms with van der Waals surface area (Å²) in [7, 11) is 0. The van der Waals surface area contributed by atoms with Crippen molar-refractivity contribution in [2.45, 2.75) is 0 Å². The normalized spacial score (nSPS) is 12.0. The van der Waals surface area contributed by atoms with Gasteiger partial charge in [-0.2, -0.15) is 0 Å². The maximum atomic E-state index is 2.42. The summed E-state index contributed by atoms with van der Waals surface area (Å²) in [6.07, 6.45) is 0. The molecule has 11 aromatic carbocycles. The van der Waals surface area contributed by atoms with Gasteiger partial charge in [0, 0.05) is 0 Å². The van der Waals surface area contributed by atoms with Crippen molar-refractivity contribution in [2.75, 3.05) is 0 Å². The van der Waals surface area contributed by atoms with Crippen LogP contribution < -0.4 is 0 Å². The summed E-state index contributed by atoms with van der Waals surface area (Å²) in [6, 6.07) is 67.5. The third-order valence-corrected chi connectivity index (χ3v) is 11.0. The maximum Gasteiger partial charge on any atom is -0.00134 e. The van der Waals surface area contributed by atoms with E-state index in [0.29, 0.717) is 0 Å². The van der Waals surface area contributed by atoms with Crippen LogP contribution in [0.2, 0.25) is 0 Å². The molecule has 0 heteroatoms. The molecule has 0 unspecified atom stereocenters. The van der Waals surface area contributed by atoms with Crippen molar-refractivity contribution in [3.05, 3.63) is 182 Å². The van der Waals surface area contributed by atoms with Gasteiger partial charge in [-0.1, -0.05) is 176 Å². The third kappa shape index (κ3) is 3.76. The van der Waals surface area contributed by atoms with E-state index in [4.69, 9.17) is 0 Å². The molecule has 0 amide bonds. The van der Waals surface area contributed by atoms with Crippen LogP contribution in [-0.2, 0) is 0 Å². The monoisotopic (exact) mass is 630 g/mol. The first-order valence-electron chi connectivity index (χ1n) is 17.4. The van der Waals surface area contributed by atoms with E-state index in [0.717, 1.165) is 0 Å². The molecule has 0 heterocycles. The van der Waals surface area contributed by atoms with Gasteiger partial charge < -0.3 is 0 Å². The molecular formula is C50H30. The second kappa shape index (κ2) is 10.5. The number of benzene rings is 11. The largest absolute Gasteiger partial charge is 0.0622 e. The van der Waals surface area contributed by atoms with Crippen molar-refractivity contribution in [2.24, 2.45) is 0 Å². The summed E-state index contributed by atoms with van der Waals surface area (Å²) in [6.45, 7) is 0. The Kier molecular flexibility index (Phi) is 5.76. The molecule has 0 N–H and O–H groups in total. The van der Waals surface area contributed by atoms with E-state index in [2.05, 4.69) is 182 Å². The predicted octanol–water partition coefficient (Wildman–Crippen LogP) is 14.2. The van der Waals surface area contributed by atoms with Gasteiger partial charge in [-0.3, -0.25) is 0 Å². The van der Waals surface area contributed by atoms with E-state index >= 15 is 0 Å². The smallest absolute Gasteiger partial charge is 0.00134 e. The zero-order valence-electron chi connectivity index (χ0n) is 27.3. The van der Waals surface area contributed by atoms with Gasteiger partial charge in [0.05, 0.1) is 0 Å². The Bertz CT molecular complexity index is 3120. The van der Waals surface area contributed by atoms with Crippen molar-refractivity contribution in [3.63, 3.8) is 0 Å². The Morgan fingerprint density at radius 3 is 1.54 bits per heavy atom. The minimum Gasteiger partial charge on any atom is -0.0622 e. The van der Waals surface area contributed by atoms with Gasteiger partial charge in [0.25, 0.3) is 0 Å². The topological polar surface area (TPSA) is 0 Å². The highest BCUT2D eigenvalue weighted by Gasteiger charge is 2.23. The summed E-state index contributed by atoms with van der Waals surface area (Å²) in [5, 5.41) is 18.3. The van der Waals surface area contributed by atoms with Crippen LogP contribution in [0.1, 0.15) is 0 Å². The van der Waals surface area contributed by atoms with E-state index in [9.17, 15) is 0 Å². The number of rotatable bonds is 3. The Morgan fingerprint density at radius 1 is 0.220 bits per heavy atom. The van der Waals surface area contributed by atoms with Gasteiger partial charge in [-0.15, -0.1) is 0 Å². The van der Waals surface area contributed by atoms with Gasteiger partial charge in [0.1, 0.15) is 0 Å². The van der Waals surface area contributed by atoms with Gasteiger partial charge in [-0.25, -0.2) is 0 Å². The van der Waals surface area contributed by atoms with Gasteiger partial charge in [0.2, 0.25) is 0 Å². The summed E-state index contributed by atoms with van der Waals surface area (Å²) >= 11 is 0. The van der Waals surface area contributed by atoms with Crippen LogP contribution in [0.3, 0.4) is 0 Å². The fraction of sp³-hybridized carbons (Fsp3) is 0. The number of hydrogen-bond acceptors (Lipinski definition) is 0. The molecule has 0 aromatic heterocycles. The molecule has 0 saturated carbocycles. The standard InChI is InChI=1S/C50H30/c1-3-14-31(15-4-1)35-28-29-43-48-39-23-12-11-22-38(39)46(42-27-26-32-16-7-9-20-36(32)45(42)33-17-5-2-6-18-33)40-24-13-25-41(49(40)48)47-37-21-10-8-19-34(37)30-44(35)50(43)47/h1-30H. The van der Waals surface area contributed by atoms with Crippen LogP contribution in [-0.4, -0.2) is 0 Å². The Hall–Kier alpha value is -6.50. The van der Waals surface area contributed by atoms with E-state index < -0.39 is 0 Å².